The Kier molecular flexibility index (Phi) is 4.27. The van der Waals surface area contributed by atoms with Crippen LogP contribution in [0.2, 0.25) is 0 Å². The van der Waals surface area contributed by atoms with Crippen molar-refractivity contribution in [1.29, 1.82) is 0 Å². The minimum atomic E-state index is 0.322. The quantitative estimate of drug-likeness (QED) is 0.152. The summed E-state index contributed by atoms with van der Waals surface area (Å²) in [6.45, 7) is 0. The predicted octanol–water partition coefficient (Wildman–Crippen LogP) is 13.7. The van der Waals surface area contributed by atoms with Gasteiger partial charge in [-0.15, -0.1) is 0 Å². The standard InChI is InChI=1S/C54H28N4/c1-3-19-43-27(9-1)29-11-5-13-31-37-21-39-33-15-7-17-35-41-24-46-42(23-45(41)57(53(33)35)49(39)25-47(37)55(43)51(29)31)36-18-8-16-34-40-22-38-32-14-6-12-30-28-10-2-4-20-44(28)56(52(30)32)48(38)26-50(40)58(46)54(34)36/h1-26,31,51H. The van der Waals surface area contributed by atoms with E-state index in [1.165, 1.54) is 142 Å². The van der Waals surface area contributed by atoms with Crippen LogP contribution in [0, 0.1) is 0 Å². The summed E-state index contributed by atoms with van der Waals surface area (Å²) in [6, 6.07) is 53.9. The fourth-order valence-electron chi connectivity index (χ4n) is 12.7. The maximum atomic E-state index is 2.63. The highest BCUT2D eigenvalue weighted by Crippen LogP contribution is 2.59. The number of hydrogen-bond donors (Lipinski definition) is 0. The Morgan fingerprint density at radius 1 is 0.362 bits per heavy atom. The molecule has 8 heterocycles. The third-order valence-corrected chi connectivity index (χ3v) is 14.9. The first kappa shape index (κ1) is 27.9. The molecule has 0 fully saturated rings. The molecular weight excluding hydrogens is 705 g/mol. The van der Waals surface area contributed by atoms with Crippen LogP contribution in [0.5, 0.6) is 0 Å². The molecule has 4 heteroatoms. The Bertz CT molecular complexity index is 4340. The van der Waals surface area contributed by atoms with E-state index in [9.17, 15) is 0 Å². The Hall–Kier alpha value is -7.56. The van der Waals surface area contributed by atoms with Crippen molar-refractivity contribution in [3.05, 3.63) is 169 Å². The maximum absolute atomic E-state index is 2.63. The lowest BCUT2D eigenvalue weighted by Gasteiger charge is -2.24. The summed E-state index contributed by atoms with van der Waals surface area (Å²) in [4.78, 5) is 2.63. The van der Waals surface area contributed by atoms with Crippen LogP contribution in [0.25, 0.3) is 120 Å². The first-order chi connectivity index (χ1) is 28.8. The summed E-state index contributed by atoms with van der Waals surface area (Å²) in [5.74, 6) is 0.342. The van der Waals surface area contributed by atoms with E-state index < -0.39 is 0 Å². The number of allylic oxidation sites excluding steroid dienone is 2. The number of fused-ring (bicyclic) bond motifs is 24. The lowest BCUT2D eigenvalue weighted by atomic mass is 9.85. The maximum Gasteiger partial charge on any atom is 0.0702 e. The van der Waals surface area contributed by atoms with Crippen LogP contribution in [0.3, 0.4) is 0 Å². The molecule has 0 saturated heterocycles. The lowest BCUT2D eigenvalue weighted by Crippen LogP contribution is -2.26. The van der Waals surface area contributed by atoms with Gasteiger partial charge in [0.1, 0.15) is 0 Å². The van der Waals surface area contributed by atoms with E-state index in [1.54, 1.807) is 0 Å². The molecule has 264 valence electrons. The van der Waals surface area contributed by atoms with Crippen molar-refractivity contribution in [1.82, 2.24) is 13.2 Å². The molecule has 0 spiro atoms. The average molecular weight is 733 g/mol. The van der Waals surface area contributed by atoms with Crippen LogP contribution < -0.4 is 4.90 Å². The van der Waals surface area contributed by atoms with Crippen molar-refractivity contribution in [2.45, 2.75) is 12.0 Å². The molecule has 2 atom stereocenters. The molecular formula is C54H28N4. The van der Waals surface area contributed by atoms with Gasteiger partial charge in [0.05, 0.1) is 55.7 Å². The molecule has 0 N–H and O–H groups in total. The number of aromatic nitrogens is 3. The van der Waals surface area contributed by atoms with Gasteiger partial charge in [0.25, 0.3) is 0 Å². The molecule has 1 aliphatic carbocycles. The largest absolute Gasteiger partial charge is 0.332 e. The fraction of sp³-hybridized carbons (Fsp3) is 0.0370. The zero-order valence-electron chi connectivity index (χ0n) is 31.0. The molecule has 8 aromatic carbocycles. The van der Waals surface area contributed by atoms with Crippen molar-refractivity contribution in [3.63, 3.8) is 0 Å². The second kappa shape index (κ2) is 8.86. The van der Waals surface area contributed by atoms with Gasteiger partial charge in [-0.25, -0.2) is 0 Å². The summed E-state index contributed by atoms with van der Waals surface area (Å²) >= 11 is 0. The first-order valence-electron chi connectivity index (χ1n) is 20.5. The van der Waals surface area contributed by atoms with Crippen molar-refractivity contribution in [3.8, 4) is 0 Å². The highest BCUT2D eigenvalue weighted by atomic mass is 15.2. The summed E-state index contributed by atoms with van der Waals surface area (Å²) in [5, 5.41) is 15.9. The van der Waals surface area contributed by atoms with Gasteiger partial charge in [-0.2, -0.15) is 0 Å². The number of nitrogens with zero attached hydrogens (tertiary/aromatic N) is 4. The van der Waals surface area contributed by atoms with Gasteiger partial charge in [-0.1, -0.05) is 109 Å². The van der Waals surface area contributed by atoms with Crippen LogP contribution in [0.15, 0.2) is 158 Å². The van der Waals surface area contributed by atoms with Gasteiger partial charge in [-0.3, -0.25) is 0 Å². The van der Waals surface area contributed by atoms with Crippen molar-refractivity contribution in [2.24, 2.45) is 0 Å². The Balaban J connectivity index is 1.00. The predicted molar refractivity (Wildman–Crippen MR) is 243 cm³/mol. The van der Waals surface area contributed by atoms with Crippen molar-refractivity contribution in [2.75, 3.05) is 4.90 Å². The third-order valence-electron chi connectivity index (χ3n) is 14.9. The fourth-order valence-corrected chi connectivity index (χ4v) is 12.7. The average Bonchev–Trinajstić information content (AvgIpc) is 4.15. The second-order valence-electron chi connectivity index (χ2n) is 17.2. The summed E-state index contributed by atoms with van der Waals surface area (Å²) in [6.07, 6.45) is 7.05. The van der Waals surface area contributed by atoms with E-state index in [1.807, 2.05) is 0 Å². The molecule has 0 saturated carbocycles. The molecule has 58 heavy (non-hydrogen) atoms. The highest BCUT2D eigenvalue weighted by Gasteiger charge is 2.47. The zero-order chi connectivity index (χ0) is 36.9. The minimum absolute atomic E-state index is 0.322. The smallest absolute Gasteiger partial charge is 0.0702 e. The SMILES string of the molecule is C1=CC2c3cc4c5cccc6c7cc8c(cc7n(c4cc3N3c4ccccc4C(=C1)C23)c56)c1cccc2c3cc4c5cccc6c7ccccc7n(c4cc3n8c12)c65. The molecule has 2 aliphatic heterocycles. The number of benzene rings is 8. The molecule has 0 radical (unpaired) electrons. The molecule has 3 aliphatic rings. The normalized spacial score (nSPS) is 17.7. The monoisotopic (exact) mass is 732 g/mol. The van der Waals surface area contributed by atoms with E-state index in [4.69, 9.17) is 0 Å². The third kappa shape index (κ3) is 2.77. The van der Waals surface area contributed by atoms with Crippen LogP contribution in [-0.4, -0.2) is 19.2 Å². The van der Waals surface area contributed by atoms with Gasteiger partial charge < -0.3 is 18.1 Å². The number of anilines is 2. The van der Waals surface area contributed by atoms with Crippen molar-refractivity contribution >= 4 is 131 Å². The summed E-state index contributed by atoms with van der Waals surface area (Å²) in [7, 11) is 0. The topological polar surface area (TPSA) is 16.5 Å². The highest BCUT2D eigenvalue weighted by molar-refractivity contribution is 6.31. The molecule has 0 bridgehead atoms. The van der Waals surface area contributed by atoms with Crippen LogP contribution in [-0.2, 0) is 0 Å². The van der Waals surface area contributed by atoms with Gasteiger partial charge in [0.15, 0.2) is 0 Å². The Morgan fingerprint density at radius 3 is 1.53 bits per heavy atom. The van der Waals surface area contributed by atoms with Crippen LogP contribution in [0.1, 0.15) is 17.0 Å². The molecule has 4 nitrogen and oxygen atoms in total. The van der Waals surface area contributed by atoms with Gasteiger partial charge >= 0.3 is 0 Å². The minimum Gasteiger partial charge on any atom is -0.332 e. The first-order valence-corrected chi connectivity index (χ1v) is 20.5. The molecule has 6 aromatic heterocycles. The summed E-state index contributed by atoms with van der Waals surface area (Å²) < 4.78 is 7.68. The van der Waals surface area contributed by atoms with Gasteiger partial charge in [0, 0.05) is 87.5 Å². The molecule has 17 rings (SSSR count). The lowest BCUT2D eigenvalue weighted by molar-refractivity contribution is 0.782. The van der Waals surface area contributed by atoms with Crippen LogP contribution >= 0.6 is 0 Å². The van der Waals surface area contributed by atoms with Gasteiger partial charge in [0.2, 0.25) is 0 Å². The molecule has 2 unspecified atom stereocenters. The number of hydrogen-bond acceptors (Lipinski definition) is 1. The van der Waals surface area contributed by atoms with E-state index in [-0.39, 0.29) is 0 Å². The molecule has 0 amide bonds. The van der Waals surface area contributed by atoms with E-state index in [0.29, 0.717) is 12.0 Å². The Morgan fingerprint density at radius 2 is 0.862 bits per heavy atom. The van der Waals surface area contributed by atoms with Crippen LogP contribution in [0.4, 0.5) is 11.4 Å². The summed E-state index contributed by atoms with van der Waals surface area (Å²) in [5.41, 5.74) is 18.5. The number of para-hydroxylation sites is 5. The van der Waals surface area contributed by atoms with E-state index in [0.717, 1.165) is 0 Å². The van der Waals surface area contributed by atoms with E-state index in [2.05, 4.69) is 176 Å². The van der Waals surface area contributed by atoms with Crippen molar-refractivity contribution < 1.29 is 0 Å². The van der Waals surface area contributed by atoms with Gasteiger partial charge in [-0.05, 0) is 59.7 Å². The second-order valence-corrected chi connectivity index (χ2v) is 17.2. The number of rotatable bonds is 0. The molecule has 14 aromatic rings. The zero-order valence-corrected chi connectivity index (χ0v) is 31.0. The Labute approximate surface area is 328 Å². The van der Waals surface area contributed by atoms with E-state index >= 15 is 0 Å².